The third-order valence-electron chi connectivity index (χ3n) is 3.19. The van der Waals surface area contributed by atoms with E-state index in [1.54, 1.807) is 0 Å². The van der Waals surface area contributed by atoms with Crippen LogP contribution in [-0.2, 0) is 0 Å². The van der Waals surface area contributed by atoms with E-state index in [-0.39, 0.29) is 0 Å². The molecule has 18 heavy (non-hydrogen) atoms. The molecule has 0 aromatic carbocycles. The number of unbranched alkanes of at least 4 members (excludes halogenated alkanes) is 9. The molecule has 0 bridgehead atoms. The second kappa shape index (κ2) is 16.5. The molecule has 0 saturated carbocycles. The Hall–Kier alpha value is -0.520. The molecule has 0 spiro atoms. The lowest BCUT2D eigenvalue weighted by molar-refractivity contribution is 0.642. The van der Waals surface area contributed by atoms with Crippen molar-refractivity contribution in [3.05, 3.63) is 30.7 Å². The van der Waals surface area contributed by atoms with Crippen molar-refractivity contribution in [1.82, 2.24) is 0 Å². The van der Waals surface area contributed by atoms with Gasteiger partial charge in [0.1, 0.15) is 0 Å². The Balaban J connectivity index is 3.13. The highest BCUT2D eigenvalue weighted by atomic mass is 13.9. The maximum atomic E-state index is 2.35. The Bertz CT molecular complexity index is 188. The number of hydrogen-bond acceptors (Lipinski definition) is 0. The largest absolute Gasteiger partial charge is 0.0882 e. The van der Waals surface area contributed by atoms with Crippen molar-refractivity contribution in [2.45, 2.75) is 84.5 Å². The fourth-order valence-electron chi connectivity index (χ4n) is 1.98. The van der Waals surface area contributed by atoms with Crippen LogP contribution in [0.4, 0.5) is 0 Å². The van der Waals surface area contributed by atoms with Gasteiger partial charge in [0.25, 0.3) is 0 Å². The third-order valence-corrected chi connectivity index (χ3v) is 3.19. The molecule has 0 amide bonds. The van der Waals surface area contributed by atoms with Crippen molar-refractivity contribution in [3.63, 3.8) is 0 Å². The molecule has 0 nitrogen and oxygen atoms in total. The van der Waals surface area contributed by atoms with Gasteiger partial charge in [0.05, 0.1) is 0 Å². The van der Waals surface area contributed by atoms with E-state index < -0.39 is 0 Å². The van der Waals surface area contributed by atoms with Crippen LogP contribution >= 0.6 is 0 Å². The summed E-state index contributed by atoms with van der Waals surface area (Å²) in [6, 6.07) is 0. The molecular weight excluding hydrogens is 216 g/mol. The van der Waals surface area contributed by atoms with Gasteiger partial charge in [0, 0.05) is 0 Å². The predicted molar refractivity (Wildman–Crippen MR) is 84.7 cm³/mol. The summed E-state index contributed by atoms with van der Waals surface area (Å²) in [6.45, 7) is 4.41. The summed E-state index contributed by atoms with van der Waals surface area (Å²) >= 11 is 0. The highest BCUT2D eigenvalue weighted by Crippen LogP contribution is 2.07. The predicted octanol–water partition coefficient (Wildman–Crippen LogP) is 6.63. The van der Waals surface area contributed by atoms with Gasteiger partial charge in [-0.2, -0.15) is 0 Å². The molecule has 0 heterocycles. The Labute approximate surface area is 116 Å². The first-order chi connectivity index (χ1) is 8.91. The van der Waals surface area contributed by atoms with E-state index in [1.165, 1.54) is 64.2 Å². The number of allylic oxidation sites excluding steroid dienone is 4. The summed E-state index contributed by atoms with van der Waals surface area (Å²) in [5.74, 6) is 0. The molecule has 0 aliphatic heterocycles. The van der Waals surface area contributed by atoms with Crippen LogP contribution in [0, 0.1) is 6.42 Å². The highest BCUT2D eigenvalue weighted by molar-refractivity contribution is 4.92. The molecule has 105 valence electrons. The molecule has 0 aliphatic carbocycles. The standard InChI is InChI=1S/C18H33/c1-3-5-7-9-11-13-15-17-18-16-14-12-10-8-6-4-2/h3,12,14,17-18H,4-11,13,15-16H2,1-2H3. The lowest BCUT2D eigenvalue weighted by Crippen LogP contribution is -1.77. The van der Waals surface area contributed by atoms with E-state index in [0.29, 0.717) is 0 Å². The van der Waals surface area contributed by atoms with Crippen molar-refractivity contribution in [2.24, 2.45) is 0 Å². The second-order valence-corrected chi connectivity index (χ2v) is 5.07. The Morgan fingerprint density at radius 1 is 0.611 bits per heavy atom. The Morgan fingerprint density at radius 2 is 1.17 bits per heavy atom. The lowest BCUT2D eigenvalue weighted by atomic mass is 10.1. The van der Waals surface area contributed by atoms with E-state index in [4.69, 9.17) is 0 Å². The van der Waals surface area contributed by atoms with Crippen molar-refractivity contribution in [2.75, 3.05) is 0 Å². The minimum Gasteiger partial charge on any atom is -0.0882 e. The summed E-state index contributed by atoms with van der Waals surface area (Å²) < 4.78 is 0. The Morgan fingerprint density at radius 3 is 1.72 bits per heavy atom. The SMILES string of the molecule is C[CH]CCCCCCC=CCC=CCCCCC. The maximum Gasteiger partial charge on any atom is -0.0169 e. The summed E-state index contributed by atoms with van der Waals surface area (Å²) in [4.78, 5) is 0. The molecule has 0 saturated heterocycles. The van der Waals surface area contributed by atoms with Gasteiger partial charge < -0.3 is 0 Å². The minimum atomic E-state index is 1.12. The van der Waals surface area contributed by atoms with E-state index in [2.05, 4.69) is 44.6 Å². The molecule has 0 heteroatoms. The van der Waals surface area contributed by atoms with Crippen LogP contribution in [0.5, 0.6) is 0 Å². The molecule has 0 rings (SSSR count). The fraction of sp³-hybridized carbons (Fsp3) is 0.722. The molecule has 0 unspecified atom stereocenters. The molecule has 0 aromatic rings. The quantitative estimate of drug-likeness (QED) is 0.254. The monoisotopic (exact) mass is 249 g/mol. The van der Waals surface area contributed by atoms with Gasteiger partial charge in [0.2, 0.25) is 0 Å². The molecule has 0 N–H and O–H groups in total. The normalized spacial score (nSPS) is 11.9. The average molecular weight is 249 g/mol. The highest BCUT2D eigenvalue weighted by Gasteiger charge is 1.87. The van der Waals surface area contributed by atoms with E-state index in [9.17, 15) is 0 Å². The van der Waals surface area contributed by atoms with E-state index in [1.807, 2.05) is 0 Å². The summed E-state index contributed by atoms with van der Waals surface area (Å²) in [5.41, 5.74) is 0. The van der Waals surface area contributed by atoms with Crippen LogP contribution in [0.3, 0.4) is 0 Å². The zero-order valence-corrected chi connectivity index (χ0v) is 12.7. The fourth-order valence-corrected chi connectivity index (χ4v) is 1.98. The van der Waals surface area contributed by atoms with Crippen molar-refractivity contribution in [3.8, 4) is 0 Å². The van der Waals surface area contributed by atoms with Gasteiger partial charge in [-0.1, -0.05) is 76.7 Å². The van der Waals surface area contributed by atoms with Crippen molar-refractivity contribution >= 4 is 0 Å². The lowest BCUT2D eigenvalue weighted by Gasteiger charge is -1.97. The van der Waals surface area contributed by atoms with Crippen LogP contribution in [0.25, 0.3) is 0 Å². The first-order valence-electron chi connectivity index (χ1n) is 7.99. The minimum absolute atomic E-state index is 1.12. The first-order valence-corrected chi connectivity index (χ1v) is 7.99. The van der Waals surface area contributed by atoms with Crippen LogP contribution in [0.15, 0.2) is 24.3 Å². The van der Waals surface area contributed by atoms with Gasteiger partial charge in [0.15, 0.2) is 0 Å². The van der Waals surface area contributed by atoms with E-state index >= 15 is 0 Å². The molecular formula is C18H33. The van der Waals surface area contributed by atoms with E-state index in [0.717, 1.165) is 6.42 Å². The van der Waals surface area contributed by atoms with Crippen LogP contribution < -0.4 is 0 Å². The van der Waals surface area contributed by atoms with Crippen LogP contribution in [0.1, 0.15) is 84.5 Å². The van der Waals surface area contributed by atoms with Gasteiger partial charge in [-0.05, 0) is 38.5 Å². The molecule has 0 atom stereocenters. The topological polar surface area (TPSA) is 0 Å². The van der Waals surface area contributed by atoms with Gasteiger partial charge in [-0.3, -0.25) is 0 Å². The maximum absolute atomic E-state index is 2.35. The van der Waals surface area contributed by atoms with Gasteiger partial charge in [-0.25, -0.2) is 0 Å². The second-order valence-electron chi connectivity index (χ2n) is 5.07. The van der Waals surface area contributed by atoms with Crippen molar-refractivity contribution in [1.29, 1.82) is 0 Å². The number of rotatable bonds is 13. The molecule has 1 radical (unpaired) electrons. The van der Waals surface area contributed by atoms with Crippen molar-refractivity contribution < 1.29 is 0 Å². The Kier molecular flexibility index (Phi) is 16.0. The van der Waals surface area contributed by atoms with Crippen LogP contribution in [-0.4, -0.2) is 0 Å². The first kappa shape index (κ1) is 17.5. The average Bonchev–Trinajstić information content (AvgIpc) is 2.39. The zero-order valence-electron chi connectivity index (χ0n) is 12.7. The summed E-state index contributed by atoms with van der Waals surface area (Å²) in [6.07, 6.45) is 26.1. The smallest absolute Gasteiger partial charge is 0.0169 e. The molecule has 0 fully saturated rings. The summed E-state index contributed by atoms with van der Waals surface area (Å²) in [7, 11) is 0. The molecule has 0 aromatic heterocycles. The zero-order chi connectivity index (χ0) is 13.3. The number of hydrogen-bond donors (Lipinski definition) is 0. The van der Waals surface area contributed by atoms with Gasteiger partial charge >= 0.3 is 0 Å². The van der Waals surface area contributed by atoms with Crippen LogP contribution in [0.2, 0.25) is 0 Å². The molecule has 0 aliphatic rings. The van der Waals surface area contributed by atoms with Gasteiger partial charge in [-0.15, -0.1) is 0 Å². The summed E-state index contributed by atoms with van der Waals surface area (Å²) in [5, 5.41) is 0. The third kappa shape index (κ3) is 15.5.